The second-order valence-electron chi connectivity index (χ2n) is 7.30. The molecule has 1 aromatic carbocycles. The maximum atomic E-state index is 9.58. The van der Waals surface area contributed by atoms with Crippen LogP contribution in [0.1, 0.15) is 17.5 Å². The van der Waals surface area contributed by atoms with Crippen LogP contribution in [-0.2, 0) is 16.6 Å². The number of fused-ring (bicyclic) bond motifs is 1. The largest absolute Gasteiger partial charge is 0.493 e. The standard InChI is InChI=1S/C21H24N2O3/c1-23-10-9-20-12-14(13-22)7-8-21(20,26-4)17(23)11-15-5-6-16(24-2)19(25-3)18(15)20/h5-8,12,17H,9-11H2,1-4H3/t17-,20-,21+/m0/s1. The van der Waals surface area contributed by atoms with E-state index in [1.165, 1.54) is 5.56 Å². The number of nitriles is 1. The first-order valence-electron chi connectivity index (χ1n) is 8.89. The van der Waals surface area contributed by atoms with Gasteiger partial charge in [-0.15, -0.1) is 0 Å². The number of benzene rings is 1. The zero-order valence-electron chi connectivity index (χ0n) is 15.7. The van der Waals surface area contributed by atoms with Crippen molar-refractivity contribution < 1.29 is 14.2 Å². The van der Waals surface area contributed by atoms with Crippen LogP contribution in [0.25, 0.3) is 0 Å². The molecule has 0 amide bonds. The molecule has 3 aliphatic rings. The maximum absolute atomic E-state index is 9.58. The highest BCUT2D eigenvalue weighted by molar-refractivity contribution is 5.64. The van der Waals surface area contributed by atoms with E-state index in [4.69, 9.17) is 14.2 Å². The zero-order chi connectivity index (χ0) is 18.5. The first-order valence-corrected chi connectivity index (χ1v) is 8.89. The van der Waals surface area contributed by atoms with Crippen LogP contribution < -0.4 is 9.47 Å². The number of hydrogen-bond donors (Lipinski definition) is 0. The van der Waals surface area contributed by atoms with Gasteiger partial charge in [0.15, 0.2) is 11.5 Å². The number of ether oxygens (including phenoxy) is 3. The zero-order valence-corrected chi connectivity index (χ0v) is 15.7. The summed E-state index contributed by atoms with van der Waals surface area (Å²) in [6.07, 6.45) is 7.79. The molecule has 0 saturated carbocycles. The topological polar surface area (TPSA) is 54.7 Å². The minimum Gasteiger partial charge on any atom is -0.493 e. The lowest BCUT2D eigenvalue weighted by Crippen LogP contribution is -2.70. The van der Waals surface area contributed by atoms with Crippen molar-refractivity contribution in [3.05, 3.63) is 47.1 Å². The number of rotatable bonds is 3. The number of nitrogens with zero attached hydrogens (tertiary/aromatic N) is 2. The summed E-state index contributed by atoms with van der Waals surface area (Å²) >= 11 is 0. The highest BCUT2D eigenvalue weighted by atomic mass is 16.5. The predicted octanol–water partition coefficient (Wildman–Crippen LogP) is 2.61. The fourth-order valence-corrected chi connectivity index (χ4v) is 5.29. The molecule has 0 unspecified atom stereocenters. The Balaban J connectivity index is 2.10. The van der Waals surface area contributed by atoms with Gasteiger partial charge in [0.25, 0.3) is 0 Å². The number of allylic oxidation sites excluding steroid dienone is 2. The van der Waals surface area contributed by atoms with Crippen LogP contribution in [0.2, 0.25) is 0 Å². The predicted molar refractivity (Wildman–Crippen MR) is 98.5 cm³/mol. The van der Waals surface area contributed by atoms with Crippen molar-refractivity contribution in [3.63, 3.8) is 0 Å². The Morgan fingerprint density at radius 3 is 2.69 bits per heavy atom. The lowest BCUT2D eigenvalue weighted by Gasteiger charge is -2.61. The molecule has 1 aliphatic heterocycles. The number of methoxy groups -OCH3 is 3. The van der Waals surface area contributed by atoms with E-state index in [2.05, 4.69) is 36.2 Å². The highest BCUT2D eigenvalue weighted by Gasteiger charge is 2.63. The second-order valence-corrected chi connectivity index (χ2v) is 7.30. The SMILES string of the molecule is COc1ccc2c(c1OC)[C@]13C=C(C#N)C=C[C@@]1(OC)[C@H](C2)N(C)CC3. The van der Waals surface area contributed by atoms with Crippen molar-refractivity contribution in [1.82, 2.24) is 4.90 Å². The van der Waals surface area contributed by atoms with Crippen molar-refractivity contribution in [3.8, 4) is 17.6 Å². The van der Waals surface area contributed by atoms with Crippen molar-refractivity contribution in [2.24, 2.45) is 0 Å². The minimum absolute atomic E-state index is 0.194. The number of piperidine rings is 1. The van der Waals surface area contributed by atoms with Crippen molar-refractivity contribution in [2.45, 2.75) is 29.9 Å². The summed E-state index contributed by atoms with van der Waals surface area (Å²) in [5, 5.41) is 9.58. The van der Waals surface area contributed by atoms with Crippen LogP contribution >= 0.6 is 0 Å². The third kappa shape index (κ3) is 1.92. The van der Waals surface area contributed by atoms with Crippen LogP contribution in [0, 0.1) is 11.3 Å². The molecule has 0 radical (unpaired) electrons. The minimum atomic E-state index is -0.535. The lowest BCUT2D eigenvalue weighted by molar-refractivity contribution is -0.116. The average molecular weight is 352 g/mol. The van der Waals surface area contributed by atoms with Gasteiger partial charge in [-0.1, -0.05) is 12.1 Å². The average Bonchev–Trinajstić information content (AvgIpc) is 2.68. The number of likely N-dealkylation sites (N-methyl/N-ethyl adjacent to an activating group) is 1. The normalized spacial score (nSPS) is 32.1. The van der Waals surface area contributed by atoms with Gasteiger partial charge in [-0.25, -0.2) is 0 Å². The molecule has 0 N–H and O–H groups in total. The molecule has 0 aromatic heterocycles. The number of likely N-dealkylation sites (tertiary alicyclic amines) is 1. The molecule has 5 heteroatoms. The van der Waals surface area contributed by atoms with Gasteiger partial charge in [0.1, 0.15) is 5.60 Å². The molecule has 1 aromatic rings. The molecular formula is C21H24N2O3. The molecule has 26 heavy (non-hydrogen) atoms. The Bertz CT molecular complexity index is 854. The van der Waals surface area contributed by atoms with Gasteiger partial charge in [0.2, 0.25) is 0 Å². The summed E-state index contributed by atoms with van der Waals surface area (Å²) in [6.45, 7) is 0.929. The van der Waals surface area contributed by atoms with Gasteiger partial charge in [-0.2, -0.15) is 5.26 Å². The Hall–Kier alpha value is -2.29. The molecule has 2 bridgehead atoms. The lowest BCUT2D eigenvalue weighted by atomic mass is 9.52. The summed E-state index contributed by atoms with van der Waals surface area (Å²) in [6, 6.07) is 6.61. The molecule has 1 saturated heterocycles. The van der Waals surface area contributed by atoms with Gasteiger partial charge in [0, 0.05) is 24.3 Å². The maximum Gasteiger partial charge on any atom is 0.165 e. The summed E-state index contributed by atoms with van der Waals surface area (Å²) in [5.74, 6) is 1.46. The molecule has 1 heterocycles. The quantitative estimate of drug-likeness (QED) is 0.837. The van der Waals surface area contributed by atoms with E-state index in [-0.39, 0.29) is 6.04 Å². The third-order valence-electron chi connectivity index (χ3n) is 6.45. The van der Waals surface area contributed by atoms with E-state index in [1.807, 2.05) is 12.1 Å². The number of hydrogen-bond acceptors (Lipinski definition) is 5. The molecular weight excluding hydrogens is 328 g/mol. The summed E-state index contributed by atoms with van der Waals surface area (Å²) in [5.41, 5.74) is 2.01. The van der Waals surface area contributed by atoms with E-state index in [1.54, 1.807) is 21.3 Å². The van der Waals surface area contributed by atoms with Crippen LogP contribution in [0.4, 0.5) is 0 Å². The Morgan fingerprint density at radius 2 is 2.04 bits per heavy atom. The molecule has 1 fully saturated rings. The van der Waals surface area contributed by atoms with Crippen LogP contribution in [0.15, 0.2) is 35.9 Å². The Kier molecular flexibility index (Phi) is 3.87. The molecule has 2 aliphatic carbocycles. The Labute approximate surface area is 154 Å². The molecule has 4 rings (SSSR count). The van der Waals surface area contributed by atoms with Gasteiger partial charge < -0.3 is 14.2 Å². The fraction of sp³-hybridized carbons (Fsp3) is 0.476. The summed E-state index contributed by atoms with van der Waals surface area (Å²) in [7, 11) is 7.26. The molecule has 136 valence electrons. The van der Waals surface area contributed by atoms with Crippen molar-refractivity contribution in [2.75, 3.05) is 34.9 Å². The van der Waals surface area contributed by atoms with Crippen LogP contribution in [-0.4, -0.2) is 51.5 Å². The fourth-order valence-electron chi connectivity index (χ4n) is 5.29. The third-order valence-corrected chi connectivity index (χ3v) is 6.45. The highest BCUT2D eigenvalue weighted by Crippen LogP contribution is 2.59. The molecule has 5 nitrogen and oxygen atoms in total. The summed E-state index contributed by atoms with van der Waals surface area (Å²) in [4.78, 5) is 2.37. The first kappa shape index (κ1) is 17.1. The van der Waals surface area contributed by atoms with E-state index >= 15 is 0 Å². The van der Waals surface area contributed by atoms with Gasteiger partial charge >= 0.3 is 0 Å². The van der Waals surface area contributed by atoms with Crippen LogP contribution in [0.5, 0.6) is 11.5 Å². The smallest absolute Gasteiger partial charge is 0.165 e. The monoisotopic (exact) mass is 352 g/mol. The van der Waals surface area contributed by atoms with E-state index < -0.39 is 11.0 Å². The van der Waals surface area contributed by atoms with Gasteiger partial charge in [0.05, 0.1) is 25.7 Å². The van der Waals surface area contributed by atoms with Crippen LogP contribution in [0.3, 0.4) is 0 Å². The van der Waals surface area contributed by atoms with E-state index in [9.17, 15) is 5.26 Å². The molecule has 0 spiro atoms. The van der Waals surface area contributed by atoms with Gasteiger partial charge in [-0.3, -0.25) is 4.90 Å². The van der Waals surface area contributed by atoms with Crippen molar-refractivity contribution >= 4 is 0 Å². The van der Waals surface area contributed by atoms with Crippen molar-refractivity contribution in [1.29, 1.82) is 5.26 Å². The Morgan fingerprint density at radius 1 is 1.23 bits per heavy atom. The van der Waals surface area contributed by atoms with Gasteiger partial charge in [-0.05, 0) is 50.2 Å². The first-order chi connectivity index (χ1) is 12.6. The van der Waals surface area contributed by atoms with E-state index in [0.717, 1.165) is 30.7 Å². The van der Waals surface area contributed by atoms with E-state index in [0.29, 0.717) is 11.3 Å². The summed E-state index contributed by atoms with van der Waals surface area (Å²) < 4.78 is 17.7. The second kappa shape index (κ2) is 5.87. The molecule has 3 atom stereocenters.